The number of rotatable bonds is 4. The van der Waals surface area contributed by atoms with Crippen LogP contribution in [-0.4, -0.2) is 35.8 Å². The molecular formula is C23H20N6O3S2. The van der Waals surface area contributed by atoms with Crippen molar-refractivity contribution in [2.24, 2.45) is 14.1 Å². The first kappa shape index (κ1) is 21.9. The molecule has 0 atom stereocenters. The number of benzene rings is 1. The molecule has 0 aliphatic heterocycles. The smallest absolute Gasteiger partial charge is 0.261 e. The monoisotopic (exact) mass is 492 g/mol. The van der Waals surface area contributed by atoms with Gasteiger partial charge < -0.3 is 23.4 Å². The van der Waals surface area contributed by atoms with Crippen LogP contribution in [0.5, 0.6) is 5.75 Å². The SMILES string of the molecule is COc1ccc(-c2[nH]c3c(c2-c2c(-n4cccc4)n(C)c(=S)[nH]c2=O)c(=O)[nH]c(=S)n3C)cc1. The third kappa shape index (κ3) is 3.28. The van der Waals surface area contributed by atoms with Crippen LogP contribution in [-0.2, 0) is 14.1 Å². The van der Waals surface area contributed by atoms with Crippen molar-refractivity contribution in [3.8, 4) is 34.0 Å². The van der Waals surface area contributed by atoms with Gasteiger partial charge in [0, 0.05) is 32.1 Å². The fraction of sp³-hybridized carbons (Fsp3) is 0.130. The normalized spacial score (nSPS) is 11.3. The van der Waals surface area contributed by atoms with Gasteiger partial charge in [-0.3, -0.25) is 19.6 Å². The van der Waals surface area contributed by atoms with Gasteiger partial charge in [-0.25, -0.2) is 0 Å². The van der Waals surface area contributed by atoms with Crippen molar-refractivity contribution < 1.29 is 4.74 Å². The molecule has 0 unspecified atom stereocenters. The van der Waals surface area contributed by atoms with Gasteiger partial charge >= 0.3 is 0 Å². The molecule has 5 rings (SSSR count). The van der Waals surface area contributed by atoms with Crippen molar-refractivity contribution in [1.29, 1.82) is 0 Å². The zero-order valence-corrected chi connectivity index (χ0v) is 20.1. The fourth-order valence-electron chi connectivity index (χ4n) is 4.14. The summed E-state index contributed by atoms with van der Waals surface area (Å²) in [6.45, 7) is 0. The molecule has 5 aromatic rings. The number of hydrogen-bond donors (Lipinski definition) is 3. The van der Waals surface area contributed by atoms with Crippen LogP contribution in [0.25, 0.3) is 39.2 Å². The first-order valence-electron chi connectivity index (χ1n) is 10.3. The van der Waals surface area contributed by atoms with E-state index in [0.29, 0.717) is 39.4 Å². The molecule has 3 N–H and O–H groups in total. The maximum Gasteiger partial charge on any atom is 0.261 e. The first-order chi connectivity index (χ1) is 16.3. The van der Waals surface area contributed by atoms with Gasteiger partial charge in [0.2, 0.25) is 0 Å². The number of aromatic amines is 3. The van der Waals surface area contributed by atoms with E-state index in [-0.39, 0.29) is 9.54 Å². The Morgan fingerprint density at radius 1 is 0.824 bits per heavy atom. The van der Waals surface area contributed by atoms with E-state index in [1.54, 1.807) is 34.9 Å². The number of H-pyrrole nitrogens is 3. The van der Waals surface area contributed by atoms with Crippen LogP contribution in [0, 0.1) is 9.54 Å². The Labute approximate surface area is 202 Å². The molecule has 0 fully saturated rings. The van der Waals surface area contributed by atoms with Crippen LogP contribution < -0.4 is 15.9 Å². The molecule has 9 nitrogen and oxygen atoms in total. The minimum absolute atomic E-state index is 0.260. The van der Waals surface area contributed by atoms with Gasteiger partial charge in [0.05, 0.1) is 23.8 Å². The third-order valence-corrected chi connectivity index (χ3v) is 6.59. The van der Waals surface area contributed by atoms with Crippen LogP contribution in [0.15, 0.2) is 58.4 Å². The van der Waals surface area contributed by atoms with Gasteiger partial charge in [-0.05, 0) is 66.4 Å². The molecule has 0 bridgehead atoms. The van der Waals surface area contributed by atoms with Crippen LogP contribution >= 0.6 is 24.4 Å². The summed E-state index contributed by atoms with van der Waals surface area (Å²) in [6.07, 6.45) is 3.64. The standard InChI is InChI=1S/C23H20N6O3S2/c1-27-18-15(19(30)25-22(27)33)14(17(24-18)12-6-8-13(32-3)9-7-12)16-20(31)26-23(34)28(2)21(16)29-10-4-5-11-29/h4-11,24H,1-3H3,(H,25,30,33)(H,26,31,34). The van der Waals surface area contributed by atoms with Gasteiger partial charge in [-0.2, -0.15) is 0 Å². The lowest BCUT2D eigenvalue weighted by Crippen LogP contribution is -2.21. The molecule has 1 aromatic carbocycles. The van der Waals surface area contributed by atoms with Crippen molar-refractivity contribution in [3.05, 3.63) is 79.0 Å². The number of hydrogen-bond acceptors (Lipinski definition) is 5. The summed E-state index contributed by atoms with van der Waals surface area (Å²) in [5.41, 5.74) is 1.79. The molecule has 34 heavy (non-hydrogen) atoms. The van der Waals surface area contributed by atoms with Crippen molar-refractivity contribution in [1.82, 2.24) is 28.7 Å². The Morgan fingerprint density at radius 2 is 1.44 bits per heavy atom. The highest BCUT2D eigenvalue weighted by Crippen LogP contribution is 2.38. The topological polar surface area (TPSA) is 106 Å². The number of ether oxygens (including phenoxy) is 1. The predicted octanol–water partition coefficient (Wildman–Crippen LogP) is 3.81. The molecule has 172 valence electrons. The number of nitrogens with zero attached hydrogens (tertiary/aromatic N) is 3. The Hall–Kier alpha value is -3.96. The summed E-state index contributed by atoms with van der Waals surface area (Å²) in [5.74, 6) is 1.21. The molecule has 0 radical (unpaired) electrons. The quantitative estimate of drug-likeness (QED) is 0.331. The summed E-state index contributed by atoms with van der Waals surface area (Å²) in [7, 11) is 5.11. The summed E-state index contributed by atoms with van der Waals surface area (Å²) < 4.78 is 11.0. The lowest BCUT2D eigenvalue weighted by molar-refractivity contribution is 0.415. The van der Waals surface area contributed by atoms with Gasteiger partial charge in [0.1, 0.15) is 17.2 Å². The average Bonchev–Trinajstić information content (AvgIpc) is 3.48. The van der Waals surface area contributed by atoms with Crippen LogP contribution in [0.2, 0.25) is 0 Å². The summed E-state index contributed by atoms with van der Waals surface area (Å²) in [6, 6.07) is 11.1. The average molecular weight is 493 g/mol. The van der Waals surface area contributed by atoms with Crippen molar-refractivity contribution in [2.75, 3.05) is 7.11 Å². The summed E-state index contributed by atoms with van der Waals surface area (Å²) >= 11 is 10.7. The fourth-order valence-corrected chi connectivity index (χ4v) is 4.50. The zero-order chi connectivity index (χ0) is 24.1. The van der Waals surface area contributed by atoms with E-state index >= 15 is 0 Å². The van der Waals surface area contributed by atoms with Gasteiger partial charge in [-0.15, -0.1) is 0 Å². The molecule has 4 heterocycles. The molecule has 0 spiro atoms. The van der Waals surface area contributed by atoms with E-state index in [2.05, 4.69) is 15.0 Å². The van der Waals surface area contributed by atoms with E-state index in [4.69, 9.17) is 29.2 Å². The van der Waals surface area contributed by atoms with E-state index < -0.39 is 11.1 Å². The maximum absolute atomic E-state index is 13.5. The summed E-state index contributed by atoms with van der Waals surface area (Å²) in [5, 5.41) is 0.318. The van der Waals surface area contributed by atoms with E-state index in [0.717, 1.165) is 5.56 Å². The molecule has 0 saturated carbocycles. The second kappa shape index (κ2) is 8.12. The highest BCUT2D eigenvalue weighted by molar-refractivity contribution is 7.71. The van der Waals surface area contributed by atoms with E-state index in [9.17, 15) is 9.59 Å². The second-order valence-electron chi connectivity index (χ2n) is 7.75. The maximum atomic E-state index is 13.5. The number of fused-ring (bicyclic) bond motifs is 1. The number of aromatic nitrogens is 6. The van der Waals surface area contributed by atoms with Crippen molar-refractivity contribution in [3.63, 3.8) is 0 Å². The largest absolute Gasteiger partial charge is 0.497 e. The zero-order valence-electron chi connectivity index (χ0n) is 18.5. The molecule has 0 aliphatic carbocycles. The van der Waals surface area contributed by atoms with Crippen LogP contribution in [0.4, 0.5) is 0 Å². The number of aryl methyl sites for hydroxylation is 1. The van der Waals surface area contributed by atoms with E-state index in [1.165, 1.54) is 0 Å². The number of methoxy groups -OCH3 is 1. The molecular weight excluding hydrogens is 472 g/mol. The molecule has 0 saturated heterocycles. The summed E-state index contributed by atoms with van der Waals surface area (Å²) in [4.78, 5) is 35.5. The Bertz CT molecular complexity index is 1780. The Kier molecular flexibility index (Phi) is 5.22. The minimum Gasteiger partial charge on any atom is -0.497 e. The molecule has 0 aliphatic rings. The minimum atomic E-state index is -0.410. The van der Waals surface area contributed by atoms with Crippen LogP contribution in [0.3, 0.4) is 0 Å². The number of nitrogens with one attached hydrogen (secondary N) is 3. The van der Waals surface area contributed by atoms with Crippen molar-refractivity contribution in [2.45, 2.75) is 0 Å². The molecule has 0 amide bonds. The molecule has 11 heteroatoms. The highest BCUT2D eigenvalue weighted by Gasteiger charge is 2.26. The molecule has 4 aromatic heterocycles. The lowest BCUT2D eigenvalue weighted by Gasteiger charge is -2.16. The van der Waals surface area contributed by atoms with Gasteiger partial charge in [-0.1, -0.05) is 0 Å². The first-order valence-corrected chi connectivity index (χ1v) is 11.1. The van der Waals surface area contributed by atoms with Crippen LogP contribution in [0.1, 0.15) is 0 Å². The Balaban J connectivity index is 2.01. The highest BCUT2D eigenvalue weighted by atomic mass is 32.1. The third-order valence-electron chi connectivity index (χ3n) is 5.84. The van der Waals surface area contributed by atoms with Crippen molar-refractivity contribution >= 4 is 35.5 Å². The second-order valence-corrected chi connectivity index (χ2v) is 8.53. The van der Waals surface area contributed by atoms with Gasteiger partial charge in [0.25, 0.3) is 11.1 Å². The lowest BCUT2D eigenvalue weighted by atomic mass is 10.00. The van der Waals surface area contributed by atoms with E-state index in [1.807, 2.05) is 48.8 Å². The predicted molar refractivity (Wildman–Crippen MR) is 136 cm³/mol. The van der Waals surface area contributed by atoms with Gasteiger partial charge in [0.15, 0.2) is 9.54 Å². The Morgan fingerprint density at radius 3 is 2.09 bits per heavy atom.